The van der Waals surface area contributed by atoms with E-state index in [0.29, 0.717) is 4.20 Å². The highest BCUT2D eigenvalue weighted by Crippen LogP contribution is 2.29. The summed E-state index contributed by atoms with van der Waals surface area (Å²) in [4.78, 5) is 0. The average molecular weight is 262 g/mol. The number of thiol groups is 1. The lowest BCUT2D eigenvalue weighted by molar-refractivity contribution is 0.321. The first-order chi connectivity index (χ1) is 8.24. The van der Waals surface area contributed by atoms with Gasteiger partial charge in [-0.15, -0.1) is 12.6 Å². The van der Waals surface area contributed by atoms with E-state index in [-0.39, 0.29) is 0 Å². The lowest BCUT2D eigenvalue weighted by Gasteiger charge is -2.11. The molecule has 0 saturated carbocycles. The van der Waals surface area contributed by atoms with Gasteiger partial charge < -0.3 is 4.74 Å². The Morgan fingerprint density at radius 1 is 1.18 bits per heavy atom. The second-order valence-corrected chi connectivity index (χ2v) is 4.97. The number of ether oxygens (including phenoxy) is 1. The van der Waals surface area contributed by atoms with Crippen LogP contribution in [0.1, 0.15) is 18.9 Å². The van der Waals surface area contributed by atoms with Crippen molar-refractivity contribution in [3.05, 3.63) is 42.0 Å². The third-order valence-electron chi connectivity index (χ3n) is 2.58. The minimum absolute atomic E-state index is 0.614. The highest BCUT2D eigenvalue weighted by molar-refractivity contribution is 8.11. The standard InChI is InChI=1S/C14H14OS2/c1-2-9-15-13-8-7-12(14(16)17)10-5-3-4-6-11(10)13/h3-8H,2,9H2,1H3,(H,16,17). The van der Waals surface area contributed by atoms with Crippen LogP contribution in [-0.2, 0) is 0 Å². The van der Waals surface area contributed by atoms with E-state index < -0.39 is 0 Å². The van der Waals surface area contributed by atoms with Crippen LogP contribution in [-0.4, -0.2) is 10.8 Å². The number of hydrogen-bond donors (Lipinski definition) is 1. The van der Waals surface area contributed by atoms with Gasteiger partial charge in [-0.05, 0) is 23.9 Å². The van der Waals surface area contributed by atoms with E-state index in [2.05, 4.69) is 25.6 Å². The van der Waals surface area contributed by atoms with Crippen LogP contribution in [0.25, 0.3) is 10.8 Å². The van der Waals surface area contributed by atoms with Crippen molar-refractivity contribution in [1.82, 2.24) is 0 Å². The molecule has 0 atom stereocenters. The molecule has 1 nitrogen and oxygen atoms in total. The summed E-state index contributed by atoms with van der Waals surface area (Å²) in [7, 11) is 0. The number of thiocarbonyl (C=S) groups is 1. The van der Waals surface area contributed by atoms with Crippen molar-refractivity contribution in [2.24, 2.45) is 0 Å². The highest BCUT2D eigenvalue weighted by atomic mass is 32.1. The predicted molar refractivity (Wildman–Crippen MR) is 80.4 cm³/mol. The van der Waals surface area contributed by atoms with Crippen molar-refractivity contribution < 1.29 is 4.74 Å². The van der Waals surface area contributed by atoms with Crippen LogP contribution in [0.5, 0.6) is 5.75 Å². The van der Waals surface area contributed by atoms with Crippen molar-refractivity contribution in [2.45, 2.75) is 13.3 Å². The van der Waals surface area contributed by atoms with Crippen LogP contribution in [0.4, 0.5) is 0 Å². The Morgan fingerprint density at radius 3 is 2.53 bits per heavy atom. The Kier molecular flexibility index (Phi) is 4.02. The van der Waals surface area contributed by atoms with Gasteiger partial charge in [0.05, 0.1) is 10.8 Å². The molecule has 0 saturated heterocycles. The maximum Gasteiger partial charge on any atom is 0.127 e. The van der Waals surface area contributed by atoms with E-state index in [1.807, 2.05) is 30.3 Å². The zero-order valence-corrected chi connectivity index (χ0v) is 11.4. The van der Waals surface area contributed by atoms with Crippen molar-refractivity contribution in [3.8, 4) is 5.75 Å². The Hall–Kier alpha value is -1.06. The quantitative estimate of drug-likeness (QED) is 0.652. The van der Waals surface area contributed by atoms with E-state index in [0.717, 1.165) is 35.1 Å². The van der Waals surface area contributed by atoms with Gasteiger partial charge in [0, 0.05) is 10.9 Å². The summed E-state index contributed by atoms with van der Waals surface area (Å²) in [5, 5.41) is 2.19. The van der Waals surface area contributed by atoms with E-state index in [1.165, 1.54) is 0 Å². The minimum atomic E-state index is 0.614. The maximum absolute atomic E-state index is 5.73. The molecule has 2 aromatic rings. The summed E-state index contributed by atoms with van der Waals surface area (Å²) in [6.45, 7) is 2.83. The molecular weight excluding hydrogens is 248 g/mol. The number of rotatable bonds is 4. The second kappa shape index (κ2) is 5.52. The van der Waals surface area contributed by atoms with Gasteiger partial charge in [-0.3, -0.25) is 0 Å². The summed E-state index contributed by atoms with van der Waals surface area (Å²) in [5.74, 6) is 0.913. The van der Waals surface area contributed by atoms with Gasteiger partial charge in [-0.1, -0.05) is 43.4 Å². The topological polar surface area (TPSA) is 9.23 Å². The molecule has 0 spiro atoms. The molecule has 3 heteroatoms. The van der Waals surface area contributed by atoms with Gasteiger partial charge in [-0.2, -0.15) is 0 Å². The highest BCUT2D eigenvalue weighted by Gasteiger charge is 2.07. The molecule has 2 rings (SSSR count). The lowest BCUT2D eigenvalue weighted by Crippen LogP contribution is -1.97. The first kappa shape index (κ1) is 12.4. The summed E-state index contributed by atoms with van der Waals surface area (Å²) in [6, 6.07) is 12.0. The summed E-state index contributed by atoms with van der Waals surface area (Å²) < 4.78 is 6.35. The van der Waals surface area contributed by atoms with Crippen molar-refractivity contribution >= 4 is 39.8 Å². The Bertz CT molecular complexity index is 549. The molecule has 17 heavy (non-hydrogen) atoms. The van der Waals surface area contributed by atoms with Crippen LogP contribution < -0.4 is 4.74 Å². The predicted octanol–water partition coefficient (Wildman–Crippen LogP) is 4.23. The molecule has 0 amide bonds. The third-order valence-corrected chi connectivity index (χ3v) is 3.04. The fourth-order valence-electron chi connectivity index (χ4n) is 1.80. The molecule has 0 heterocycles. The van der Waals surface area contributed by atoms with E-state index in [4.69, 9.17) is 17.0 Å². The summed E-state index contributed by atoms with van der Waals surface area (Å²) >= 11 is 9.40. The van der Waals surface area contributed by atoms with Crippen molar-refractivity contribution in [3.63, 3.8) is 0 Å². The maximum atomic E-state index is 5.73. The Balaban J connectivity index is 2.58. The smallest absolute Gasteiger partial charge is 0.127 e. The van der Waals surface area contributed by atoms with Crippen LogP contribution in [0.3, 0.4) is 0 Å². The first-order valence-corrected chi connectivity index (χ1v) is 6.47. The molecule has 0 aliphatic heterocycles. The fraction of sp³-hybridized carbons (Fsp3) is 0.214. The summed E-state index contributed by atoms with van der Waals surface area (Å²) in [5.41, 5.74) is 0.989. The van der Waals surface area contributed by atoms with E-state index >= 15 is 0 Å². The molecule has 0 aliphatic rings. The minimum Gasteiger partial charge on any atom is -0.493 e. The number of hydrogen-bond acceptors (Lipinski definition) is 2. The normalized spacial score (nSPS) is 10.5. The summed E-state index contributed by atoms with van der Waals surface area (Å²) in [6.07, 6.45) is 1.00. The van der Waals surface area contributed by atoms with Crippen molar-refractivity contribution in [1.29, 1.82) is 0 Å². The first-order valence-electron chi connectivity index (χ1n) is 5.62. The van der Waals surface area contributed by atoms with Crippen molar-refractivity contribution in [2.75, 3.05) is 6.61 Å². The van der Waals surface area contributed by atoms with E-state index in [1.54, 1.807) is 0 Å². The number of fused-ring (bicyclic) bond motifs is 1. The third kappa shape index (κ3) is 2.61. The average Bonchev–Trinajstić information content (AvgIpc) is 2.35. The molecule has 2 aromatic carbocycles. The molecule has 0 fully saturated rings. The second-order valence-electron chi connectivity index (χ2n) is 3.81. The number of benzene rings is 2. The monoisotopic (exact) mass is 262 g/mol. The van der Waals surface area contributed by atoms with Crippen LogP contribution in [0.15, 0.2) is 36.4 Å². The van der Waals surface area contributed by atoms with Gasteiger partial charge in [0.25, 0.3) is 0 Å². The molecule has 0 unspecified atom stereocenters. The van der Waals surface area contributed by atoms with Gasteiger partial charge >= 0.3 is 0 Å². The Labute approximate surface area is 112 Å². The molecule has 0 N–H and O–H groups in total. The zero-order valence-electron chi connectivity index (χ0n) is 9.64. The Morgan fingerprint density at radius 2 is 1.88 bits per heavy atom. The van der Waals surface area contributed by atoms with Crippen LogP contribution in [0, 0.1) is 0 Å². The lowest BCUT2D eigenvalue weighted by atomic mass is 10.0. The SMILES string of the molecule is CCCOc1ccc(C(=S)S)c2ccccc12. The molecule has 0 aromatic heterocycles. The van der Waals surface area contributed by atoms with Crippen LogP contribution >= 0.6 is 24.8 Å². The van der Waals surface area contributed by atoms with Gasteiger partial charge in [0.2, 0.25) is 0 Å². The van der Waals surface area contributed by atoms with Gasteiger partial charge in [0.1, 0.15) is 5.75 Å². The largest absolute Gasteiger partial charge is 0.493 e. The van der Waals surface area contributed by atoms with Crippen LogP contribution in [0.2, 0.25) is 0 Å². The zero-order chi connectivity index (χ0) is 12.3. The molecule has 0 bridgehead atoms. The van der Waals surface area contributed by atoms with Gasteiger partial charge in [0.15, 0.2) is 0 Å². The fourth-order valence-corrected chi connectivity index (χ4v) is 2.17. The molecule has 0 radical (unpaired) electrons. The van der Waals surface area contributed by atoms with E-state index in [9.17, 15) is 0 Å². The molecule has 0 aliphatic carbocycles. The molecular formula is C14H14OS2. The molecule has 88 valence electrons. The van der Waals surface area contributed by atoms with Gasteiger partial charge in [-0.25, -0.2) is 0 Å².